The normalized spacial score (nSPS) is 24.0. The zero-order valence-corrected chi connectivity index (χ0v) is 17.0. The summed E-state index contributed by atoms with van der Waals surface area (Å²) in [5.74, 6) is 0.587. The molecule has 3 aromatic rings. The lowest BCUT2D eigenvalue weighted by molar-refractivity contribution is -0.135. The first-order valence-corrected chi connectivity index (χ1v) is 11.1. The van der Waals surface area contributed by atoms with Gasteiger partial charge in [0.05, 0.1) is 20.8 Å². The molecule has 3 heterocycles. The maximum atomic E-state index is 13.1. The second kappa shape index (κ2) is 6.60. The number of aromatic nitrogens is 1. The van der Waals surface area contributed by atoms with Gasteiger partial charge in [-0.25, -0.2) is 4.98 Å². The van der Waals surface area contributed by atoms with Crippen molar-refractivity contribution in [2.24, 2.45) is 0 Å². The summed E-state index contributed by atoms with van der Waals surface area (Å²) < 4.78 is 1.12. The average molecular weight is 410 g/mol. The number of anilines is 1. The Morgan fingerprint density at radius 3 is 2.86 bits per heavy atom. The van der Waals surface area contributed by atoms with Crippen LogP contribution in [0.5, 0.6) is 0 Å². The van der Waals surface area contributed by atoms with Crippen molar-refractivity contribution in [1.29, 1.82) is 0 Å². The SMILES string of the molecule is CC12CCC(=O)N1C(C(=O)Nc1ccccc1-c1nc3ccccc3s1)CS2. The van der Waals surface area contributed by atoms with Gasteiger partial charge in [0.15, 0.2) is 0 Å². The molecule has 2 atom stereocenters. The summed E-state index contributed by atoms with van der Waals surface area (Å²) in [6.45, 7) is 2.06. The maximum absolute atomic E-state index is 13.1. The van der Waals surface area contributed by atoms with Gasteiger partial charge in [-0.3, -0.25) is 9.59 Å². The number of nitrogens with one attached hydrogen (secondary N) is 1. The van der Waals surface area contributed by atoms with E-state index >= 15 is 0 Å². The summed E-state index contributed by atoms with van der Waals surface area (Å²) in [7, 11) is 0. The Hall–Kier alpha value is -2.38. The minimum Gasteiger partial charge on any atom is -0.324 e. The molecule has 2 fully saturated rings. The first kappa shape index (κ1) is 17.7. The molecule has 2 aliphatic heterocycles. The lowest BCUT2D eigenvalue weighted by Gasteiger charge is -2.30. The van der Waals surface area contributed by atoms with E-state index in [9.17, 15) is 9.59 Å². The molecule has 1 N–H and O–H groups in total. The number of hydrogen-bond acceptors (Lipinski definition) is 5. The highest BCUT2D eigenvalue weighted by atomic mass is 32.2. The van der Waals surface area contributed by atoms with Gasteiger partial charge in [-0.2, -0.15) is 0 Å². The zero-order valence-electron chi connectivity index (χ0n) is 15.3. The first-order chi connectivity index (χ1) is 13.5. The van der Waals surface area contributed by atoms with Gasteiger partial charge in [0, 0.05) is 17.7 Å². The molecule has 0 saturated carbocycles. The first-order valence-electron chi connectivity index (χ1n) is 9.27. The van der Waals surface area contributed by atoms with Gasteiger partial charge in [-0.1, -0.05) is 24.3 Å². The molecule has 5 rings (SSSR count). The lowest BCUT2D eigenvalue weighted by Crippen LogP contribution is -2.48. The largest absolute Gasteiger partial charge is 0.324 e. The predicted octanol–water partition coefficient (Wildman–Crippen LogP) is 4.36. The fourth-order valence-corrected chi connectivity index (χ4v) is 6.43. The van der Waals surface area contributed by atoms with Crippen LogP contribution in [0.25, 0.3) is 20.8 Å². The molecule has 0 aliphatic carbocycles. The number of fused-ring (bicyclic) bond motifs is 2. The van der Waals surface area contributed by atoms with Crippen LogP contribution in [0.4, 0.5) is 5.69 Å². The van der Waals surface area contributed by atoms with E-state index in [2.05, 4.69) is 12.2 Å². The van der Waals surface area contributed by atoms with E-state index < -0.39 is 6.04 Å². The van der Waals surface area contributed by atoms with Crippen LogP contribution >= 0.6 is 23.1 Å². The van der Waals surface area contributed by atoms with Crippen LogP contribution in [0.15, 0.2) is 48.5 Å². The second-order valence-electron chi connectivity index (χ2n) is 7.29. The molecule has 2 amide bonds. The van der Waals surface area contributed by atoms with Crippen molar-refractivity contribution in [3.05, 3.63) is 48.5 Å². The van der Waals surface area contributed by atoms with E-state index in [1.807, 2.05) is 48.5 Å². The molecule has 142 valence electrons. The van der Waals surface area contributed by atoms with Gasteiger partial charge in [0.2, 0.25) is 11.8 Å². The molecular weight excluding hydrogens is 390 g/mol. The van der Waals surface area contributed by atoms with Crippen LogP contribution in [0.1, 0.15) is 19.8 Å². The third-order valence-corrected chi connectivity index (χ3v) is 8.03. The molecule has 5 nitrogen and oxygen atoms in total. The fourth-order valence-electron chi connectivity index (χ4n) is 4.00. The van der Waals surface area contributed by atoms with Crippen molar-refractivity contribution < 1.29 is 9.59 Å². The van der Waals surface area contributed by atoms with Crippen LogP contribution in [0.2, 0.25) is 0 Å². The highest BCUT2D eigenvalue weighted by molar-refractivity contribution is 8.01. The van der Waals surface area contributed by atoms with E-state index in [1.54, 1.807) is 28.0 Å². The highest BCUT2D eigenvalue weighted by Gasteiger charge is 2.52. The van der Waals surface area contributed by atoms with Crippen molar-refractivity contribution in [2.45, 2.75) is 30.7 Å². The number of carbonyl (C=O) groups is 2. The third kappa shape index (κ3) is 2.81. The molecule has 2 unspecified atom stereocenters. The number of nitrogens with zero attached hydrogens (tertiary/aromatic N) is 2. The van der Waals surface area contributed by atoms with Crippen molar-refractivity contribution in [3.63, 3.8) is 0 Å². The Kier molecular flexibility index (Phi) is 4.17. The summed E-state index contributed by atoms with van der Waals surface area (Å²) in [4.78, 5) is 31.7. The number of carbonyl (C=O) groups excluding carboxylic acids is 2. The Morgan fingerprint density at radius 1 is 1.21 bits per heavy atom. The Balaban J connectivity index is 1.45. The Labute approximate surface area is 171 Å². The molecular formula is C21H19N3O2S2. The number of rotatable bonds is 3. The topological polar surface area (TPSA) is 62.3 Å². The van der Waals surface area contributed by atoms with Crippen molar-refractivity contribution >= 4 is 50.8 Å². The average Bonchev–Trinajstić information content (AvgIpc) is 3.35. The van der Waals surface area contributed by atoms with Gasteiger partial charge in [0.25, 0.3) is 0 Å². The number of thioether (sulfide) groups is 1. The molecule has 0 bridgehead atoms. The molecule has 1 aromatic heterocycles. The smallest absolute Gasteiger partial charge is 0.248 e. The van der Waals surface area contributed by atoms with Crippen LogP contribution in [-0.4, -0.2) is 38.4 Å². The van der Waals surface area contributed by atoms with Crippen LogP contribution in [-0.2, 0) is 9.59 Å². The summed E-state index contributed by atoms with van der Waals surface area (Å²) in [6, 6.07) is 15.3. The second-order valence-corrected chi connectivity index (χ2v) is 9.82. The van der Waals surface area contributed by atoms with Crippen molar-refractivity contribution in [3.8, 4) is 10.6 Å². The zero-order chi connectivity index (χ0) is 19.3. The van der Waals surface area contributed by atoms with Gasteiger partial charge in [-0.05, 0) is 37.6 Å². The van der Waals surface area contributed by atoms with Gasteiger partial charge in [-0.15, -0.1) is 23.1 Å². The van der Waals surface area contributed by atoms with Gasteiger partial charge < -0.3 is 10.2 Å². The lowest BCUT2D eigenvalue weighted by atomic mass is 10.1. The summed E-state index contributed by atoms with van der Waals surface area (Å²) in [6.07, 6.45) is 1.33. The molecule has 0 radical (unpaired) electrons. The van der Waals surface area contributed by atoms with E-state index in [-0.39, 0.29) is 16.7 Å². The molecule has 7 heteroatoms. The highest BCUT2D eigenvalue weighted by Crippen LogP contribution is 2.47. The van der Waals surface area contributed by atoms with E-state index in [0.717, 1.165) is 32.9 Å². The van der Waals surface area contributed by atoms with Gasteiger partial charge in [0.1, 0.15) is 11.0 Å². The van der Waals surface area contributed by atoms with Crippen LogP contribution < -0.4 is 5.32 Å². The molecule has 28 heavy (non-hydrogen) atoms. The van der Waals surface area contributed by atoms with Gasteiger partial charge >= 0.3 is 0 Å². The van der Waals surface area contributed by atoms with Crippen molar-refractivity contribution in [1.82, 2.24) is 9.88 Å². The minimum atomic E-state index is -0.423. The summed E-state index contributed by atoms with van der Waals surface area (Å²) in [5, 5.41) is 3.94. The number of benzene rings is 2. The predicted molar refractivity (Wildman–Crippen MR) is 114 cm³/mol. The molecule has 2 aliphatic rings. The minimum absolute atomic E-state index is 0.0760. The van der Waals surface area contributed by atoms with Crippen LogP contribution in [0, 0.1) is 0 Å². The monoisotopic (exact) mass is 409 g/mol. The van der Waals surface area contributed by atoms with Crippen LogP contribution in [0.3, 0.4) is 0 Å². The number of hydrogen-bond donors (Lipinski definition) is 1. The quantitative estimate of drug-likeness (QED) is 0.698. The van der Waals surface area contributed by atoms with E-state index in [4.69, 9.17) is 4.98 Å². The summed E-state index contributed by atoms with van der Waals surface area (Å²) in [5.41, 5.74) is 2.59. The Bertz CT molecular complexity index is 1060. The maximum Gasteiger partial charge on any atom is 0.248 e. The molecule has 2 aromatic carbocycles. The number of thiazole rings is 1. The van der Waals surface area contributed by atoms with Crippen molar-refractivity contribution in [2.75, 3.05) is 11.1 Å². The van der Waals surface area contributed by atoms with E-state index in [0.29, 0.717) is 12.2 Å². The molecule has 0 spiro atoms. The molecule has 2 saturated heterocycles. The standard InChI is InChI=1S/C21H19N3O2S2/c1-21-11-10-18(25)24(21)16(12-27-21)19(26)22-14-7-3-2-6-13(14)20-23-15-8-4-5-9-17(15)28-20/h2-9,16H,10-12H2,1H3,(H,22,26). The third-order valence-electron chi connectivity index (χ3n) is 5.46. The number of para-hydroxylation sites is 2. The van der Waals surface area contributed by atoms with E-state index in [1.165, 1.54) is 0 Å². The fraction of sp³-hybridized carbons (Fsp3) is 0.286. The number of amides is 2. The summed E-state index contributed by atoms with van der Waals surface area (Å²) >= 11 is 3.31. The Morgan fingerprint density at radius 2 is 2.00 bits per heavy atom.